The largest absolute Gasteiger partial charge is 0.465 e. The Hall–Kier alpha value is -0.330. The third-order valence-corrected chi connectivity index (χ3v) is 5.14. The number of carbonyl (C=O) groups is 1. The first-order chi connectivity index (χ1) is 9.71. The first-order valence-electron chi connectivity index (χ1n) is 7.77. The van der Waals surface area contributed by atoms with Crippen molar-refractivity contribution in [1.29, 1.82) is 0 Å². The van der Waals surface area contributed by atoms with Crippen molar-refractivity contribution in [3.63, 3.8) is 0 Å². The summed E-state index contributed by atoms with van der Waals surface area (Å²) >= 11 is 3.26. The van der Waals surface area contributed by atoms with Crippen LogP contribution in [0.4, 0.5) is 4.79 Å². The van der Waals surface area contributed by atoms with E-state index in [1.54, 1.807) is 0 Å². The molecule has 0 bridgehead atoms. The van der Waals surface area contributed by atoms with Crippen LogP contribution in [0.5, 0.6) is 0 Å². The number of aliphatic hydroxyl groups excluding tert-OH is 1. The monoisotopic (exact) mass is 364 g/mol. The predicted molar refractivity (Wildman–Crippen MR) is 88.1 cm³/mol. The van der Waals surface area contributed by atoms with Crippen molar-refractivity contribution < 1.29 is 15.0 Å². The molecule has 0 unspecified atom stereocenters. The van der Waals surface area contributed by atoms with Gasteiger partial charge in [0, 0.05) is 16.9 Å². The summed E-state index contributed by atoms with van der Waals surface area (Å²) in [6.45, 7) is 10.2. The maximum atomic E-state index is 10.4. The lowest BCUT2D eigenvalue weighted by molar-refractivity contribution is 0.0716. The zero-order valence-corrected chi connectivity index (χ0v) is 15.0. The predicted octanol–water partition coefficient (Wildman–Crippen LogP) is 2.77. The molecule has 0 spiro atoms. The van der Waals surface area contributed by atoms with Crippen molar-refractivity contribution in [3.05, 3.63) is 0 Å². The smallest absolute Gasteiger partial charge is 0.407 e. The molecule has 6 heteroatoms. The van der Waals surface area contributed by atoms with E-state index in [0.717, 1.165) is 0 Å². The molecule has 2 N–H and O–H groups in total. The van der Waals surface area contributed by atoms with Crippen LogP contribution in [-0.2, 0) is 0 Å². The Morgan fingerprint density at radius 1 is 1.14 bits per heavy atom. The van der Waals surface area contributed by atoms with Gasteiger partial charge in [-0.1, -0.05) is 22.4 Å². The topological polar surface area (TPSA) is 64.0 Å². The van der Waals surface area contributed by atoms with E-state index in [0.29, 0.717) is 18.5 Å². The lowest BCUT2D eigenvalue weighted by atomic mass is 10.0. The molecule has 21 heavy (non-hydrogen) atoms. The highest BCUT2D eigenvalue weighted by Gasteiger charge is 2.27. The van der Waals surface area contributed by atoms with Gasteiger partial charge in [0.15, 0.2) is 0 Å². The molecule has 2 heterocycles. The summed E-state index contributed by atoms with van der Waals surface area (Å²) in [6.07, 6.45) is 3.39. The number of halogens is 1. The van der Waals surface area contributed by atoms with Gasteiger partial charge in [-0.05, 0) is 53.1 Å². The van der Waals surface area contributed by atoms with Crippen molar-refractivity contribution in [2.45, 2.75) is 62.9 Å². The Labute approximate surface area is 136 Å². The molecule has 0 aromatic heterocycles. The van der Waals surface area contributed by atoms with E-state index < -0.39 is 12.2 Å². The van der Waals surface area contributed by atoms with E-state index in [1.807, 2.05) is 0 Å². The molecule has 2 fully saturated rings. The summed E-state index contributed by atoms with van der Waals surface area (Å²) in [5.41, 5.74) is 0.403. The highest BCUT2D eigenvalue weighted by Crippen LogP contribution is 2.19. The number of rotatable bonds is 0. The normalized spacial score (nSPS) is 27.8. The van der Waals surface area contributed by atoms with Gasteiger partial charge in [0.1, 0.15) is 0 Å². The van der Waals surface area contributed by atoms with Crippen LogP contribution in [0.15, 0.2) is 0 Å². The minimum absolute atomic E-state index is 0.0399. The van der Waals surface area contributed by atoms with E-state index in [-0.39, 0.29) is 11.4 Å². The van der Waals surface area contributed by atoms with Gasteiger partial charge >= 0.3 is 6.09 Å². The van der Waals surface area contributed by atoms with Crippen molar-refractivity contribution in [1.82, 2.24) is 9.80 Å². The summed E-state index contributed by atoms with van der Waals surface area (Å²) in [7, 11) is 0. The summed E-state index contributed by atoms with van der Waals surface area (Å²) in [5, 5.41) is 17.8. The number of alkyl halides is 1. The van der Waals surface area contributed by atoms with Gasteiger partial charge in [0.25, 0.3) is 0 Å². The van der Waals surface area contributed by atoms with Gasteiger partial charge in [-0.15, -0.1) is 0 Å². The second-order valence-corrected chi connectivity index (χ2v) is 8.00. The molecule has 0 aromatic carbocycles. The van der Waals surface area contributed by atoms with Crippen LogP contribution >= 0.6 is 15.9 Å². The molecule has 1 amide bonds. The van der Waals surface area contributed by atoms with Crippen LogP contribution in [0.25, 0.3) is 0 Å². The SMILES string of the molecule is CC(C)(C)N1CCCCC1.O=C(O)N1CC[C@H](Br)[C@@H](O)C1. The molecule has 0 aromatic rings. The maximum absolute atomic E-state index is 10.4. The van der Waals surface area contributed by atoms with Crippen LogP contribution in [-0.4, -0.2) is 68.8 Å². The number of piperidine rings is 2. The van der Waals surface area contributed by atoms with Gasteiger partial charge in [0.2, 0.25) is 0 Å². The summed E-state index contributed by atoms with van der Waals surface area (Å²) < 4.78 is 0. The number of amides is 1. The molecule has 2 atom stereocenters. The van der Waals surface area contributed by atoms with Crippen molar-refractivity contribution >= 4 is 22.0 Å². The maximum Gasteiger partial charge on any atom is 0.407 e. The lowest BCUT2D eigenvalue weighted by Gasteiger charge is -2.38. The minimum Gasteiger partial charge on any atom is -0.465 e. The van der Waals surface area contributed by atoms with Crippen LogP contribution in [0.3, 0.4) is 0 Å². The van der Waals surface area contributed by atoms with Gasteiger partial charge in [-0.3, -0.25) is 4.90 Å². The second-order valence-electron chi connectivity index (χ2n) is 6.82. The molecule has 0 radical (unpaired) electrons. The number of hydrogen-bond acceptors (Lipinski definition) is 3. The average molecular weight is 365 g/mol. The first kappa shape index (κ1) is 18.7. The molecule has 2 aliphatic heterocycles. The Kier molecular flexibility index (Phi) is 7.44. The lowest BCUT2D eigenvalue weighted by Crippen LogP contribution is -2.46. The Morgan fingerprint density at radius 2 is 1.71 bits per heavy atom. The van der Waals surface area contributed by atoms with Crippen LogP contribution < -0.4 is 0 Å². The molecule has 0 saturated carbocycles. The number of aliphatic hydroxyl groups is 1. The molecule has 124 valence electrons. The van der Waals surface area contributed by atoms with Crippen molar-refractivity contribution in [3.8, 4) is 0 Å². The van der Waals surface area contributed by atoms with Crippen LogP contribution in [0.2, 0.25) is 0 Å². The number of likely N-dealkylation sites (tertiary alicyclic amines) is 2. The summed E-state index contributed by atoms with van der Waals surface area (Å²) in [6, 6.07) is 0. The Morgan fingerprint density at radius 3 is 2.10 bits per heavy atom. The third kappa shape index (κ3) is 6.53. The third-order valence-electron chi connectivity index (χ3n) is 4.08. The average Bonchev–Trinajstić information content (AvgIpc) is 2.42. The molecule has 0 aliphatic carbocycles. The second kappa shape index (κ2) is 8.34. The Bertz CT molecular complexity index is 327. The van der Waals surface area contributed by atoms with Gasteiger partial charge in [0.05, 0.1) is 12.6 Å². The van der Waals surface area contributed by atoms with E-state index in [2.05, 4.69) is 41.6 Å². The number of carboxylic acid groups (broad SMARTS) is 1. The number of β-amino-alcohol motifs (C(OH)–C–C–N with tert-alkyl or cyclic N) is 1. The molecular formula is C15H29BrN2O3. The molecule has 2 rings (SSSR count). The van der Waals surface area contributed by atoms with Gasteiger partial charge in [-0.2, -0.15) is 0 Å². The minimum atomic E-state index is -0.955. The zero-order chi connectivity index (χ0) is 16.0. The molecule has 2 aliphatic rings. The summed E-state index contributed by atoms with van der Waals surface area (Å²) in [5.74, 6) is 0. The number of hydrogen-bond donors (Lipinski definition) is 2. The molecular weight excluding hydrogens is 336 g/mol. The van der Waals surface area contributed by atoms with Crippen molar-refractivity contribution in [2.75, 3.05) is 26.2 Å². The standard InChI is InChI=1S/C9H19N.C6H10BrNO3/c1-9(2,3)10-7-5-4-6-8-10;7-4-1-2-8(6(10)11)3-5(4)9/h4-8H2,1-3H3;4-5,9H,1-3H2,(H,10,11)/t;4-,5-/m.0/s1. The molecule has 5 nitrogen and oxygen atoms in total. The van der Waals surface area contributed by atoms with E-state index >= 15 is 0 Å². The fourth-order valence-electron chi connectivity index (χ4n) is 2.64. The highest BCUT2D eigenvalue weighted by molar-refractivity contribution is 9.09. The quantitative estimate of drug-likeness (QED) is 0.648. The van der Waals surface area contributed by atoms with Gasteiger partial charge in [-0.25, -0.2) is 4.79 Å². The first-order valence-corrected chi connectivity index (χ1v) is 8.68. The fraction of sp³-hybridized carbons (Fsp3) is 0.933. The van der Waals surface area contributed by atoms with Crippen LogP contribution in [0, 0.1) is 0 Å². The summed E-state index contributed by atoms with van der Waals surface area (Å²) in [4.78, 5) is 14.3. The van der Waals surface area contributed by atoms with Crippen LogP contribution in [0.1, 0.15) is 46.5 Å². The Balaban J connectivity index is 0.000000211. The van der Waals surface area contributed by atoms with E-state index in [9.17, 15) is 9.90 Å². The zero-order valence-electron chi connectivity index (χ0n) is 13.4. The highest BCUT2D eigenvalue weighted by atomic mass is 79.9. The van der Waals surface area contributed by atoms with E-state index in [4.69, 9.17) is 5.11 Å². The number of nitrogens with zero attached hydrogens (tertiary/aromatic N) is 2. The van der Waals surface area contributed by atoms with Gasteiger partial charge < -0.3 is 15.1 Å². The molecule has 2 saturated heterocycles. The van der Waals surface area contributed by atoms with E-state index in [1.165, 1.54) is 37.3 Å². The fourth-order valence-corrected chi connectivity index (χ4v) is 3.01. The van der Waals surface area contributed by atoms with Crippen molar-refractivity contribution in [2.24, 2.45) is 0 Å².